The summed E-state index contributed by atoms with van der Waals surface area (Å²) in [5, 5.41) is 0. The van der Waals surface area contributed by atoms with E-state index in [0.717, 1.165) is 6.42 Å². The number of rotatable bonds is 4. The zero-order chi connectivity index (χ0) is 13.0. The fourth-order valence-electron chi connectivity index (χ4n) is 1.56. The van der Waals surface area contributed by atoms with Gasteiger partial charge in [0.2, 0.25) is 0 Å². The smallest absolute Gasteiger partial charge is 0.256 e. The molecule has 1 rings (SSSR count). The fraction of sp³-hybridized carbons (Fsp3) is 0.462. The van der Waals surface area contributed by atoms with Crippen LogP contribution in [0.25, 0.3) is 0 Å². The number of carbonyl (C=O) groups excluding carboxylic acids is 1. The zero-order valence-electron chi connectivity index (χ0n) is 10.4. The summed E-state index contributed by atoms with van der Waals surface area (Å²) in [7, 11) is 1.69. The molecule has 0 spiro atoms. The lowest BCUT2D eigenvalue weighted by molar-refractivity contribution is 0.0770. The standard InChI is InChI=1S/C13H18FNOS/c1-4-9(2)8-15(3)13(16)11-7-10(17)5-6-12(11)14/h5-7,9,17H,4,8H2,1-3H3. The Labute approximate surface area is 107 Å². The summed E-state index contributed by atoms with van der Waals surface area (Å²) < 4.78 is 13.5. The molecule has 1 unspecified atom stereocenters. The Hall–Kier alpha value is -1.03. The normalized spacial score (nSPS) is 12.3. The lowest BCUT2D eigenvalue weighted by Crippen LogP contribution is -2.31. The van der Waals surface area contributed by atoms with Gasteiger partial charge in [-0.05, 0) is 24.1 Å². The number of amides is 1. The van der Waals surface area contributed by atoms with Crippen LogP contribution in [0.1, 0.15) is 30.6 Å². The van der Waals surface area contributed by atoms with Crippen molar-refractivity contribution in [1.82, 2.24) is 4.90 Å². The van der Waals surface area contributed by atoms with E-state index in [1.54, 1.807) is 11.9 Å². The number of benzene rings is 1. The summed E-state index contributed by atoms with van der Waals surface area (Å²) >= 11 is 4.12. The zero-order valence-corrected chi connectivity index (χ0v) is 11.3. The van der Waals surface area contributed by atoms with Crippen molar-refractivity contribution in [3.63, 3.8) is 0 Å². The van der Waals surface area contributed by atoms with Crippen LogP contribution in [0.4, 0.5) is 4.39 Å². The third-order valence-corrected chi connectivity index (χ3v) is 3.09. The van der Waals surface area contributed by atoms with Gasteiger partial charge in [-0.15, -0.1) is 12.6 Å². The number of hydrogen-bond donors (Lipinski definition) is 1. The molecule has 0 N–H and O–H groups in total. The molecule has 1 amide bonds. The molecule has 17 heavy (non-hydrogen) atoms. The third kappa shape index (κ3) is 3.73. The van der Waals surface area contributed by atoms with E-state index in [9.17, 15) is 9.18 Å². The number of nitrogens with zero attached hydrogens (tertiary/aromatic N) is 1. The topological polar surface area (TPSA) is 20.3 Å². The first kappa shape index (κ1) is 14.0. The van der Waals surface area contributed by atoms with Gasteiger partial charge in [-0.2, -0.15) is 0 Å². The van der Waals surface area contributed by atoms with Crippen LogP contribution >= 0.6 is 12.6 Å². The number of carbonyl (C=O) groups is 1. The van der Waals surface area contributed by atoms with E-state index < -0.39 is 5.82 Å². The molecule has 0 saturated carbocycles. The molecule has 0 heterocycles. The van der Waals surface area contributed by atoms with Gasteiger partial charge < -0.3 is 4.90 Å². The van der Waals surface area contributed by atoms with Gasteiger partial charge in [0.1, 0.15) is 5.82 Å². The number of hydrogen-bond acceptors (Lipinski definition) is 2. The number of halogens is 1. The van der Waals surface area contributed by atoms with E-state index in [2.05, 4.69) is 26.5 Å². The van der Waals surface area contributed by atoms with Crippen LogP contribution in [0.3, 0.4) is 0 Å². The van der Waals surface area contributed by atoms with Crippen LogP contribution in [0.2, 0.25) is 0 Å². The van der Waals surface area contributed by atoms with E-state index in [1.807, 2.05) is 0 Å². The Morgan fingerprint density at radius 2 is 2.18 bits per heavy atom. The van der Waals surface area contributed by atoms with Crippen LogP contribution in [0.5, 0.6) is 0 Å². The molecular formula is C13H18FNOS. The molecule has 0 saturated heterocycles. The van der Waals surface area contributed by atoms with Gasteiger partial charge in [0, 0.05) is 18.5 Å². The monoisotopic (exact) mass is 255 g/mol. The Bertz CT molecular complexity index is 408. The predicted octanol–water partition coefficient (Wildman–Crippen LogP) is 3.23. The molecule has 0 fully saturated rings. The second kappa shape index (κ2) is 6.05. The van der Waals surface area contributed by atoms with Crippen LogP contribution in [0, 0.1) is 11.7 Å². The molecular weight excluding hydrogens is 237 g/mol. The second-order valence-electron chi connectivity index (χ2n) is 4.36. The van der Waals surface area contributed by atoms with Crippen molar-refractivity contribution in [2.75, 3.05) is 13.6 Å². The molecule has 4 heteroatoms. The molecule has 0 radical (unpaired) electrons. The summed E-state index contributed by atoms with van der Waals surface area (Å²) in [6.07, 6.45) is 0.993. The van der Waals surface area contributed by atoms with E-state index in [-0.39, 0.29) is 11.5 Å². The van der Waals surface area contributed by atoms with Gasteiger partial charge in [-0.25, -0.2) is 4.39 Å². The average Bonchev–Trinajstić information content (AvgIpc) is 2.31. The second-order valence-corrected chi connectivity index (χ2v) is 4.88. The highest BCUT2D eigenvalue weighted by Crippen LogP contribution is 2.16. The van der Waals surface area contributed by atoms with E-state index >= 15 is 0 Å². The lowest BCUT2D eigenvalue weighted by Gasteiger charge is -2.21. The molecule has 1 atom stereocenters. The van der Waals surface area contributed by atoms with Crippen LogP contribution in [-0.2, 0) is 0 Å². The first-order valence-electron chi connectivity index (χ1n) is 5.69. The highest BCUT2D eigenvalue weighted by molar-refractivity contribution is 7.80. The highest BCUT2D eigenvalue weighted by atomic mass is 32.1. The minimum absolute atomic E-state index is 0.0864. The van der Waals surface area contributed by atoms with Crippen molar-refractivity contribution in [3.05, 3.63) is 29.6 Å². The van der Waals surface area contributed by atoms with E-state index in [1.165, 1.54) is 18.2 Å². The van der Waals surface area contributed by atoms with Crippen LogP contribution in [0.15, 0.2) is 23.1 Å². The van der Waals surface area contributed by atoms with Crippen LogP contribution < -0.4 is 0 Å². The Balaban J connectivity index is 2.85. The quantitative estimate of drug-likeness (QED) is 0.819. The molecule has 0 aliphatic heterocycles. The van der Waals surface area contributed by atoms with Gasteiger partial charge >= 0.3 is 0 Å². The average molecular weight is 255 g/mol. The van der Waals surface area contributed by atoms with E-state index in [4.69, 9.17) is 0 Å². The summed E-state index contributed by atoms with van der Waals surface area (Å²) in [6.45, 7) is 4.76. The molecule has 1 aromatic carbocycles. The Morgan fingerprint density at radius 1 is 1.53 bits per heavy atom. The summed E-state index contributed by atoms with van der Waals surface area (Å²) in [4.78, 5) is 14.2. The van der Waals surface area contributed by atoms with Gasteiger partial charge in [0.15, 0.2) is 0 Å². The minimum atomic E-state index is -0.496. The van der Waals surface area contributed by atoms with Gasteiger partial charge in [0.05, 0.1) is 5.56 Å². The lowest BCUT2D eigenvalue weighted by atomic mass is 10.1. The third-order valence-electron chi connectivity index (χ3n) is 2.81. The highest BCUT2D eigenvalue weighted by Gasteiger charge is 2.17. The van der Waals surface area contributed by atoms with Gasteiger partial charge in [0.25, 0.3) is 5.91 Å². The van der Waals surface area contributed by atoms with Gasteiger partial charge in [-0.1, -0.05) is 20.3 Å². The molecule has 0 bridgehead atoms. The predicted molar refractivity (Wildman–Crippen MR) is 70.1 cm³/mol. The van der Waals surface area contributed by atoms with Crippen molar-refractivity contribution in [2.24, 2.45) is 5.92 Å². The molecule has 94 valence electrons. The van der Waals surface area contributed by atoms with Crippen molar-refractivity contribution < 1.29 is 9.18 Å². The first-order chi connectivity index (χ1) is 7.95. The summed E-state index contributed by atoms with van der Waals surface area (Å²) in [5.74, 6) is -0.381. The van der Waals surface area contributed by atoms with E-state index in [0.29, 0.717) is 17.4 Å². The number of thiol groups is 1. The van der Waals surface area contributed by atoms with Crippen molar-refractivity contribution in [2.45, 2.75) is 25.2 Å². The summed E-state index contributed by atoms with van der Waals surface area (Å²) in [6, 6.07) is 4.27. The minimum Gasteiger partial charge on any atom is -0.341 e. The maximum atomic E-state index is 13.5. The Morgan fingerprint density at radius 3 is 2.76 bits per heavy atom. The molecule has 1 aromatic rings. The first-order valence-corrected chi connectivity index (χ1v) is 6.14. The molecule has 0 aliphatic rings. The van der Waals surface area contributed by atoms with Crippen molar-refractivity contribution in [1.29, 1.82) is 0 Å². The maximum absolute atomic E-state index is 13.5. The molecule has 2 nitrogen and oxygen atoms in total. The van der Waals surface area contributed by atoms with Crippen molar-refractivity contribution >= 4 is 18.5 Å². The van der Waals surface area contributed by atoms with Crippen molar-refractivity contribution in [3.8, 4) is 0 Å². The Kier molecular flexibility index (Phi) is 5.00. The molecule has 0 aliphatic carbocycles. The van der Waals surface area contributed by atoms with Gasteiger partial charge in [-0.3, -0.25) is 4.79 Å². The SMILES string of the molecule is CCC(C)CN(C)C(=O)c1cc(S)ccc1F. The van der Waals surface area contributed by atoms with Crippen LogP contribution in [-0.4, -0.2) is 24.4 Å². The maximum Gasteiger partial charge on any atom is 0.256 e. The summed E-state index contributed by atoms with van der Waals surface area (Å²) in [5.41, 5.74) is 0.0864. The fourth-order valence-corrected chi connectivity index (χ4v) is 1.77. The molecule has 0 aromatic heterocycles. The largest absolute Gasteiger partial charge is 0.341 e.